The van der Waals surface area contributed by atoms with Gasteiger partial charge >= 0.3 is 6.18 Å². The Balaban J connectivity index is 1.28. The number of alkyl halides is 3. The highest BCUT2D eigenvalue weighted by molar-refractivity contribution is 5.96. The van der Waals surface area contributed by atoms with E-state index in [0.29, 0.717) is 30.9 Å². The number of pyridine rings is 1. The number of carbonyl (C=O) groups is 1. The predicted octanol–water partition coefficient (Wildman–Crippen LogP) is 4.45. The van der Waals surface area contributed by atoms with Gasteiger partial charge in [0.15, 0.2) is 0 Å². The Hall–Kier alpha value is -3.43. The van der Waals surface area contributed by atoms with Gasteiger partial charge in [0.2, 0.25) is 0 Å². The number of hydrogen-bond donors (Lipinski definition) is 2. The molecule has 0 saturated carbocycles. The van der Waals surface area contributed by atoms with Gasteiger partial charge in [0.05, 0.1) is 24.1 Å². The van der Waals surface area contributed by atoms with Gasteiger partial charge in [-0.1, -0.05) is 18.2 Å². The van der Waals surface area contributed by atoms with Crippen LogP contribution in [0.15, 0.2) is 60.8 Å². The first-order valence-corrected chi connectivity index (χ1v) is 11.7. The minimum atomic E-state index is -4.32. The molecule has 2 aromatic carbocycles. The Morgan fingerprint density at radius 3 is 2.47 bits per heavy atom. The van der Waals surface area contributed by atoms with Crippen molar-refractivity contribution in [3.8, 4) is 17.0 Å². The van der Waals surface area contributed by atoms with Crippen molar-refractivity contribution in [2.24, 2.45) is 0 Å². The summed E-state index contributed by atoms with van der Waals surface area (Å²) in [4.78, 5) is 18.9. The topological polar surface area (TPSA) is 74.7 Å². The molecule has 1 aliphatic rings. The first-order chi connectivity index (χ1) is 17.1. The van der Waals surface area contributed by atoms with Gasteiger partial charge in [0, 0.05) is 36.8 Å². The van der Waals surface area contributed by atoms with E-state index in [1.807, 2.05) is 31.2 Å². The number of amides is 1. The van der Waals surface area contributed by atoms with Crippen molar-refractivity contribution in [2.45, 2.75) is 38.7 Å². The van der Waals surface area contributed by atoms with Crippen molar-refractivity contribution in [2.75, 3.05) is 19.7 Å². The third kappa shape index (κ3) is 6.22. The number of carbonyl (C=O) groups excluding carboxylic acids is 1. The molecule has 2 heterocycles. The minimum absolute atomic E-state index is 0.00606. The zero-order valence-electron chi connectivity index (χ0n) is 20.0. The molecule has 4 rings (SSSR count). The van der Waals surface area contributed by atoms with Crippen LogP contribution >= 0.6 is 0 Å². The number of aliphatic hydroxyl groups is 1. The highest BCUT2D eigenvalue weighted by atomic mass is 19.4. The first kappa shape index (κ1) is 25.7. The van der Waals surface area contributed by atoms with Crippen LogP contribution in [0.2, 0.25) is 0 Å². The smallest absolute Gasteiger partial charge is 0.416 e. The molecular formula is C27H28F3N3O3. The molecule has 1 amide bonds. The second kappa shape index (κ2) is 10.7. The lowest BCUT2D eigenvalue weighted by Crippen LogP contribution is -2.53. The second-order valence-corrected chi connectivity index (χ2v) is 9.09. The van der Waals surface area contributed by atoms with E-state index in [-0.39, 0.29) is 24.7 Å². The fraction of sp³-hybridized carbons (Fsp3) is 0.333. The summed E-state index contributed by atoms with van der Waals surface area (Å²) in [6.07, 6.45) is -2.67. The fourth-order valence-electron chi connectivity index (χ4n) is 4.02. The Labute approximate surface area is 207 Å². The summed E-state index contributed by atoms with van der Waals surface area (Å²) in [5, 5.41) is 11.9. The number of halogens is 3. The normalized spacial score (nSPS) is 15.3. The minimum Gasteiger partial charge on any atom is -0.486 e. The summed E-state index contributed by atoms with van der Waals surface area (Å²) in [5.74, 6) is 0.411. The molecule has 9 heteroatoms. The third-order valence-electron chi connectivity index (χ3n) is 6.07. The van der Waals surface area contributed by atoms with E-state index >= 15 is 0 Å². The summed E-state index contributed by atoms with van der Waals surface area (Å²) in [6.45, 7) is 5.39. The van der Waals surface area contributed by atoms with Crippen molar-refractivity contribution in [1.82, 2.24) is 15.2 Å². The molecule has 2 N–H and O–H groups in total. The number of aryl methyl sites for hydroxylation is 1. The van der Waals surface area contributed by atoms with Crippen LogP contribution in [0, 0.1) is 6.92 Å². The predicted molar refractivity (Wildman–Crippen MR) is 130 cm³/mol. The van der Waals surface area contributed by atoms with Crippen molar-refractivity contribution >= 4 is 5.91 Å². The molecule has 0 aliphatic carbocycles. The molecule has 0 bridgehead atoms. The molecule has 6 nitrogen and oxygen atoms in total. The van der Waals surface area contributed by atoms with E-state index in [9.17, 15) is 18.0 Å². The van der Waals surface area contributed by atoms with Gasteiger partial charge in [0.1, 0.15) is 11.9 Å². The van der Waals surface area contributed by atoms with Crippen LogP contribution in [0.4, 0.5) is 13.2 Å². The van der Waals surface area contributed by atoms with Crippen LogP contribution in [0.3, 0.4) is 0 Å². The summed E-state index contributed by atoms with van der Waals surface area (Å²) in [6, 6.07) is 14.1. The van der Waals surface area contributed by atoms with E-state index < -0.39 is 11.7 Å². The molecule has 1 atom stereocenters. The lowest BCUT2D eigenvalue weighted by atomic mass is 10.0. The maximum atomic E-state index is 12.7. The van der Waals surface area contributed by atoms with Gasteiger partial charge < -0.3 is 15.2 Å². The molecule has 3 aromatic rings. The summed E-state index contributed by atoms with van der Waals surface area (Å²) in [5.41, 5.74) is 3.16. The Morgan fingerprint density at radius 2 is 1.89 bits per heavy atom. The van der Waals surface area contributed by atoms with Gasteiger partial charge in [-0.25, -0.2) is 0 Å². The average molecular weight is 500 g/mol. The third-order valence-corrected chi connectivity index (χ3v) is 6.07. The standard InChI is InChI=1S/C27H28F3N3O3/c1-17-11-20(5-9-24(17)26(35)32-18(2)16-34)25-10-8-22(12-31-25)36-23-14-33(15-23)13-19-3-6-21(7-4-19)27(28,29)30/h3-12,18,23,34H,13-16H2,1-2H3,(H,32,35)/t18-/m1/s1. The Morgan fingerprint density at radius 1 is 1.17 bits per heavy atom. The van der Waals surface area contributed by atoms with Crippen LogP contribution in [0.25, 0.3) is 11.3 Å². The number of hydrogen-bond acceptors (Lipinski definition) is 5. The van der Waals surface area contributed by atoms with E-state index in [0.717, 1.165) is 34.5 Å². The van der Waals surface area contributed by atoms with Gasteiger partial charge in [-0.2, -0.15) is 13.2 Å². The molecule has 0 radical (unpaired) electrons. The number of nitrogens with one attached hydrogen (secondary N) is 1. The first-order valence-electron chi connectivity index (χ1n) is 11.7. The molecule has 0 spiro atoms. The highest BCUT2D eigenvalue weighted by Crippen LogP contribution is 2.30. The molecule has 1 fully saturated rings. The molecule has 36 heavy (non-hydrogen) atoms. The van der Waals surface area contributed by atoms with E-state index in [2.05, 4.69) is 15.2 Å². The van der Waals surface area contributed by atoms with Crippen LogP contribution in [0.5, 0.6) is 5.75 Å². The Bertz CT molecular complexity index is 1190. The SMILES string of the molecule is Cc1cc(-c2ccc(OC3CN(Cc4ccc(C(F)(F)F)cc4)C3)cn2)ccc1C(=O)N[C@H](C)CO. The number of rotatable bonds is 8. The molecule has 1 saturated heterocycles. The van der Waals surface area contributed by atoms with E-state index in [1.54, 1.807) is 19.2 Å². The fourth-order valence-corrected chi connectivity index (χ4v) is 4.02. The quantitative estimate of drug-likeness (QED) is 0.479. The lowest BCUT2D eigenvalue weighted by Gasteiger charge is -2.39. The van der Waals surface area contributed by atoms with Gasteiger partial charge in [-0.3, -0.25) is 14.7 Å². The van der Waals surface area contributed by atoms with Gasteiger partial charge in [0.25, 0.3) is 5.91 Å². The summed E-state index contributed by atoms with van der Waals surface area (Å²) < 4.78 is 44.1. The zero-order valence-corrected chi connectivity index (χ0v) is 20.0. The molecule has 1 aromatic heterocycles. The van der Waals surface area contributed by atoms with E-state index in [4.69, 9.17) is 9.84 Å². The van der Waals surface area contributed by atoms with Crippen molar-refractivity contribution in [3.63, 3.8) is 0 Å². The van der Waals surface area contributed by atoms with E-state index in [1.165, 1.54) is 12.1 Å². The summed E-state index contributed by atoms with van der Waals surface area (Å²) in [7, 11) is 0. The summed E-state index contributed by atoms with van der Waals surface area (Å²) >= 11 is 0. The number of aliphatic hydroxyl groups excluding tert-OH is 1. The molecule has 0 unspecified atom stereocenters. The number of nitrogens with zero attached hydrogens (tertiary/aromatic N) is 2. The van der Waals surface area contributed by atoms with Crippen LogP contribution in [-0.4, -0.2) is 52.7 Å². The van der Waals surface area contributed by atoms with Gasteiger partial charge in [-0.15, -0.1) is 0 Å². The monoisotopic (exact) mass is 499 g/mol. The number of benzene rings is 2. The number of ether oxygens (including phenoxy) is 1. The lowest BCUT2D eigenvalue weighted by molar-refractivity contribution is -0.137. The van der Waals surface area contributed by atoms with Crippen LogP contribution < -0.4 is 10.1 Å². The largest absolute Gasteiger partial charge is 0.486 e. The molecule has 190 valence electrons. The number of aromatic nitrogens is 1. The zero-order chi connectivity index (χ0) is 25.9. The van der Waals surface area contributed by atoms with Crippen molar-refractivity contribution in [3.05, 3.63) is 83.0 Å². The van der Waals surface area contributed by atoms with Crippen LogP contribution in [0.1, 0.15) is 34.0 Å². The maximum Gasteiger partial charge on any atom is 0.416 e. The van der Waals surface area contributed by atoms with Crippen molar-refractivity contribution in [1.29, 1.82) is 0 Å². The van der Waals surface area contributed by atoms with Crippen molar-refractivity contribution < 1.29 is 27.8 Å². The van der Waals surface area contributed by atoms with Crippen LogP contribution in [-0.2, 0) is 12.7 Å². The average Bonchev–Trinajstić information content (AvgIpc) is 2.82. The molecular weight excluding hydrogens is 471 g/mol. The number of likely N-dealkylation sites (tertiary alicyclic amines) is 1. The Kier molecular flexibility index (Phi) is 7.61. The molecule has 1 aliphatic heterocycles. The highest BCUT2D eigenvalue weighted by Gasteiger charge is 2.31. The van der Waals surface area contributed by atoms with Gasteiger partial charge in [-0.05, 0) is 61.4 Å². The maximum absolute atomic E-state index is 12.7. The second-order valence-electron chi connectivity index (χ2n) is 9.09.